The van der Waals surface area contributed by atoms with Crippen molar-refractivity contribution >= 4 is 29.2 Å². The van der Waals surface area contributed by atoms with E-state index in [2.05, 4.69) is 10.6 Å². The van der Waals surface area contributed by atoms with Gasteiger partial charge in [0.25, 0.3) is 11.8 Å². The van der Waals surface area contributed by atoms with Gasteiger partial charge in [0.1, 0.15) is 6.04 Å². The lowest BCUT2D eigenvalue weighted by atomic mass is 9.99. The van der Waals surface area contributed by atoms with Crippen molar-refractivity contribution in [3.63, 3.8) is 0 Å². The zero-order chi connectivity index (χ0) is 19.8. The molecule has 4 amide bonds. The molecule has 2 heterocycles. The van der Waals surface area contributed by atoms with E-state index in [0.29, 0.717) is 16.9 Å². The summed E-state index contributed by atoms with van der Waals surface area (Å²) in [5.41, 5.74) is 2.47. The molecule has 0 spiro atoms. The summed E-state index contributed by atoms with van der Waals surface area (Å²) in [5.74, 6) is -0.702. The molecule has 2 aromatic rings. The number of amides is 4. The number of imide groups is 1. The van der Waals surface area contributed by atoms with Gasteiger partial charge in [-0.3, -0.25) is 9.59 Å². The van der Waals surface area contributed by atoms with E-state index in [1.165, 1.54) is 0 Å². The van der Waals surface area contributed by atoms with E-state index in [9.17, 15) is 14.4 Å². The molecule has 4 rings (SSSR count). The van der Waals surface area contributed by atoms with Crippen molar-refractivity contribution in [2.24, 2.45) is 0 Å². The third-order valence-electron chi connectivity index (χ3n) is 5.06. The summed E-state index contributed by atoms with van der Waals surface area (Å²) in [7, 11) is 1.73. The Balaban J connectivity index is 1.59. The molecule has 28 heavy (non-hydrogen) atoms. The quantitative estimate of drug-likeness (QED) is 0.861. The van der Waals surface area contributed by atoms with E-state index in [-0.39, 0.29) is 11.8 Å². The fourth-order valence-corrected chi connectivity index (χ4v) is 3.62. The Kier molecular flexibility index (Phi) is 4.35. The molecule has 2 N–H and O–H groups in total. The Morgan fingerprint density at radius 2 is 1.71 bits per heavy atom. The Morgan fingerprint density at radius 1 is 1.04 bits per heavy atom. The van der Waals surface area contributed by atoms with Gasteiger partial charge < -0.3 is 15.5 Å². The average Bonchev–Trinajstić information content (AvgIpc) is 3.01. The van der Waals surface area contributed by atoms with E-state index in [4.69, 9.17) is 0 Å². The third kappa shape index (κ3) is 2.90. The minimum atomic E-state index is -0.700. The number of benzene rings is 2. The number of carbonyl (C=O) groups is 3. The standard InChI is InChI=1S/C21H20N4O3/c1-13-8-6-7-11-16(13)22-19(26)15-12-24(2)18-17(15)23-21(28)25(20(18)27)14-9-4-3-5-10-14/h3-12,17-18H,1-2H3,(H,22,26)(H,23,28). The van der Waals surface area contributed by atoms with Gasteiger partial charge >= 0.3 is 6.03 Å². The molecule has 2 unspecified atom stereocenters. The topological polar surface area (TPSA) is 81.8 Å². The molecular weight excluding hydrogens is 356 g/mol. The maximum Gasteiger partial charge on any atom is 0.329 e. The molecule has 0 aliphatic carbocycles. The number of nitrogens with zero attached hydrogens (tertiary/aromatic N) is 2. The number of fused-ring (bicyclic) bond motifs is 1. The number of urea groups is 1. The number of carbonyl (C=O) groups excluding carboxylic acids is 3. The zero-order valence-electron chi connectivity index (χ0n) is 15.5. The van der Waals surface area contributed by atoms with Gasteiger partial charge in [-0.25, -0.2) is 9.69 Å². The molecule has 2 atom stereocenters. The fraction of sp³-hybridized carbons (Fsp3) is 0.190. The lowest BCUT2D eigenvalue weighted by molar-refractivity contribution is -0.122. The van der Waals surface area contributed by atoms with Gasteiger partial charge in [-0.1, -0.05) is 36.4 Å². The Bertz CT molecular complexity index is 986. The number of likely N-dealkylation sites (N-methyl/N-ethyl adjacent to an activating group) is 1. The lowest BCUT2D eigenvalue weighted by Gasteiger charge is -2.37. The maximum absolute atomic E-state index is 13.1. The lowest BCUT2D eigenvalue weighted by Crippen LogP contribution is -2.65. The van der Waals surface area contributed by atoms with Crippen LogP contribution in [-0.4, -0.2) is 41.9 Å². The van der Waals surface area contributed by atoms with E-state index >= 15 is 0 Å². The van der Waals surface area contributed by atoms with Crippen molar-refractivity contribution in [1.29, 1.82) is 0 Å². The Labute approximate surface area is 162 Å². The summed E-state index contributed by atoms with van der Waals surface area (Å²) in [6.45, 7) is 1.90. The summed E-state index contributed by atoms with van der Waals surface area (Å²) in [5, 5.41) is 5.68. The van der Waals surface area contributed by atoms with Crippen LogP contribution in [0.5, 0.6) is 0 Å². The fourth-order valence-electron chi connectivity index (χ4n) is 3.62. The van der Waals surface area contributed by atoms with Crippen molar-refractivity contribution in [3.8, 4) is 0 Å². The largest absolute Gasteiger partial charge is 0.366 e. The number of hydrogen-bond acceptors (Lipinski definition) is 4. The van der Waals surface area contributed by atoms with Gasteiger partial charge in [0.15, 0.2) is 0 Å². The Morgan fingerprint density at radius 3 is 2.43 bits per heavy atom. The summed E-state index contributed by atoms with van der Waals surface area (Å²) >= 11 is 0. The molecule has 0 aromatic heterocycles. The van der Waals surface area contributed by atoms with Crippen molar-refractivity contribution < 1.29 is 14.4 Å². The van der Waals surface area contributed by atoms with Gasteiger partial charge in [-0.05, 0) is 30.7 Å². The molecule has 1 fully saturated rings. The first-order valence-corrected chi connectivity index (χ1v) is 8.97. The molecule has 0 bridgehead atoms. The normalized spacial score (nSPS) is 21.1. The van der Waals surface area contributed by atoms with Crippen LogP contribution in [0.15, 0.2) is 66.4 Å². The molecule has 0 saturated carbocycles. The van der Waals surface area contributed by atoms with Gasteiger partial charge in [-0.15, -0.1) is 0 Å². The minimum Gasteiger partial charge on any atom is -0.366 e. The summed E-state index contributed by atoms with van der Waals surface area (Å²) in [4.78, 5) is 41.4. The van der Waals surface area contributed by atoms with Crippen LogP contribution in [0.25, 0.3) is 0 Å². The molecule has 2 aliphatic heterocycles. The predicted octanol–water partition coefficient (Wildman–Crippen LogP) is 2.26. The van der Waals surface area contributed by atoms with Crippen LogP contribution in [0.2, 0.25) is 0 Å². The van der Waals surface area contributed by atoms with Crippen LogP contribution < -0.4 is 15.5 Å². The number of para-hydroxylation sites is 2. The predicted molar refractivity (Wildman–Crippen MR) is 106 cm³/mol. The molecule has 0 radical (unpaired) electrons. The number of hydrogen-bond donors (Lipinski definition) is 2. The van der Waals surface area contributed by atoms with Gasteiger partial charge in [-0.2, -0.15) is 0 Å². The van der Waals surface area contributed by atoms with Crippen LogP contribution in [0.4, 0.5) is 16.2 Å². The second kappa shape index (κ2) is 6.84. The number of anilines is 2. The van der Waals surface area contributed by atoms with E-state index < -0.39 is 18.1 Å². The first-order chi connectivity index (χ1) is 13.5. The smallest absolute Gasteiger partial charge is 0.329 e. The molecule has 7 heteroatoms. The molecule has 2 aliphatic rings. The first kappa shape index (κ1) is 17.8. The van der Waals surface area contributed by atoms with Crippen LogP contribution >= 0.6 is 0 Å². The van der Waals surface area contributed by atoms with Crippen LogP contribution in [0.1, 0.15) is 5.56 Å². The summed E-state index contributed by atoms with van der Waals surface area (Å²) in [6, 6.07) is 14.3. The molecule has 7 nitrogen and oxygen atoms in total. The maximum atomic E-state index is 13.1. The van der Waals surface area contributed by atoms with Gasteiger partial charge in [0, 0.05) is 18.9 Å². The van der Waals surface area contributed by atoms with Crippen LogP contribution in [0.3, 0.4) is 0 Å². The van der Waals surface area contributed by atoms with Gasteiger partial charge in [0.05, 0.1) is 17.3 Å². The van der Waals surface area contributed by atoms with E-state index in [0.717, 1.165) is 10.5 Å². The highest BCUT2D eigenvalue weighted by Gasteiger charge is 2.49. The van der Waals surface area contributed by atoms with E-state index in [1.54, 1.807) is 42.4 Å². The number of aryl methyl sites for hydroxylation is 1. The third-order valence-corrected chi connectivity index (χ3v) is 5.06. The first-order valence-electron chi connectivity index (χ1n) is 8.97. The monoisotopic (exact) mass is 376 g/mol. The second-order valence-electron chi connectivity index (χ2n) is 6.90. The van der Waals surface area contributed by atoms with E-state index in [1.807, 2.05) is 37.3 Å². The minimum absolute atomic E-state index is 0.338. The summed E-state index contributed by atoms with van der Waals surface area (Å²) in [6.07, 6.45) is 1.62. The molecular formula is C21H20N4O3. The molecule has 1 saturated heterocycles. The van der Waals surface area contributed by atoms with Gasteiger partial charge in [0.2, 0.25) is 0 Å². The van der Waals surface area contributed by atoms with Crippen molar-refractivity contribution in [2.45, 2.75) is 19.0 Å². The second-order valence-corrected chi connectivity index (χ2v) is 6.90. The van der Waals surface area contributed by atoms with Crippen LogP contribution in [-0.2, 0) is 9.59 Å². The van der Waals surface area contributed by atoms with Crippen LogP contribution in [0, 0.1) is 6.92 Å². The average molecular weight is 376 g/mol. The van der Waals surface area contributed by atoms with Crippen molar-refractivity contribution in [1.82, 2.24) is 10.2 Å². The molecule has 142 valence electrons. The zero-order valence-corrected chi connectivity index (χ0v) is 15.5. The van der Waals surface area contributed by atoms with Crippen molar-refractivity contribution in [3.05, 3.63) is 71.9 Å². The highest BCUT2D eigenvalue weighted by molar-refractivity contribution is 6.20. The Hall–Kier alpha value is -3.61. The van der Waals surface area contributed by atoms with Crippen molar-refractivity contribution in [2.75, 3.05) is 17.3 Å². The SMILES string of the molecule is Cc1ccccc1NC(=O)C1=CN(C)C2C(=O)N(c3ccccc3)C(=O)NC12. The highest BCUT2D eigenvalue weighted by Crippen LogP contribution is 2.30. The highest BCUT2D eigenvalue weighted by atomic mass is 16.2. The summed E-state index contributed by atoms with van der Waals surface area (Å²) < 4.78 is 0. The number of nitrogens with one attached hydrogen (secondary N) is 2. The molecule has 2 aromatic carbocycles. The number of rotatable bonds is 3.